The van der Waals surface area contributed by atoms with Gasteiger partial charge in [-0.2, -0.15) is 0 Å². The Morgan fingerprint density at radius 3 is 2.83 bits per heavy atom. The zero-order valence-electron chi connectivity index (χ0n) is 13.7. The number of hydrogen-bond acceptors (Lipinski definition) is 4. The predicted molar refractivity (Wildman–Crippen MR) is 96.4 cm³/mol. The molecule has 0 spiro atoms. The van der Waals surface area contributed by atoms with Gasteiger partial charge in [-0.25, -0.2) is 0 Å². The first kappa shape index (κ1) is 15.7. The molecule has 3 aliphatic rings. The van der Waals surface area contributed by atoms with Gasteiger partial charge in [-0.05, 0) is 56.5 Å². The van der Waals surface area contributed by atoms with Crippen molar-refractivity contribution in [3.05, 3.63) is 41.3 Å². The highest BCUT2D eigenvalue weighted by atomic mass is 32.1. The molecular weight excluding hydrogens is 320 g/mol. The number of carbonyl (C=O) groups excluding carboxylic acids is 1. The number of nitrogens with zero attached hydrogens (tertiary/aromatic N) is 1. The first-order valence-corrected chi connectivity index (χ1v) is 9.36. The Morgan fingerprint density at radius 1 is 1.29 bits per heavy atom. The number of piperidine rings is 3. The molecule has 2 N–H and O–H groups in total. The van der Waals surface area contributed by atoms with E-state index in [0.717, 1.165) is 23.5 Å². The van der Waals surface area contributed by atoms with Gasteiger partial charge < -0.3 is 10.4 Å². The summed E-state index contributed by atoms with van der Waals surface area (Å²) in [4.78, 5) is 16.7. The molecule has 5 heteroatoms. The summed E-state index contributed by atoms with van der Waals surface area (Å²) in [6, 6.07) is 11.9. The van der Waals surface area contributed by atoms with Crippen LogP contribution in [0.3, 0.4) is 0 Å². The lowest BCUT2D eigenvalue weighted by Crippen LogP contribution is -2.60. The van der Waals surface area contributed by atoms with Crippen molar-refractivity contribution in [3.8, 4) is 16.2 Å². The van der Waals surface area contributed by atoms with Crippen LogP contribution in [0.2, 0.25) is 0 Å². The molecule has 2 bridgehead atoms. The lowest BCUT2D eigenvalue weighted by Gasteiger charge is -2.48. The number of aromatic hydroxyl groups is 1. The van der Waals surface area contributed by atoms with Gasteiger partial charge in [0.05, 0.1) is 4.88 Å². The van der Waals surface area contributed by atoms with Crippen molar-refractivity contribution in [1.29, 1.82) is 0 Å². The van der Waals surface area contributed by atoms with Crippen LogP contribution in [-0.4, -0.2) is 41.1 Å². The summed E-state index contributed by atoms with van der Waals surface area (Å²) in [5.41, 5.74) is 0.776. The largest absolute Gasteiger partial charge is 0.507 e. The maximum Gasteiger partial charge on any atom is 0.261 e. The van der Waals surface area contributed by atoms with Gasteiger partial charge >= 0.3 is 0 Å². The molecule has 1 aromatic heterocycles. The van der Waals surface area contributed by atoms with Gasteiger partial charge in [0.1, 0.15) is 5.75 Å². The predicted octanol–water partition coefficient (Wildman–Crippen LogP) is 3.33. The van der Waals surface area contributed by atoms with Crippen molar-refractivity contribution >= 4 is 17.2 Å². The summed E-state index contributed by atoms with van der Waals surface area (Å²) >= 11 is 1.43. The summed E-state index contributed by atoms with van der Waals surface area (Å²) in [5.74, 6) is 0.859. The third-order valence-electron chi connectivity index (χ3n) is 5.37. The summed E-state index contributed by atoms with van der Waals surface area (Å²) < 4.78 is 0. The van der Waals surface area contributed by atoms with Gasteiger partial charge in [-0.3, -0.25) is 9.69 Å². The normalized spacial score (nSPS) is 28.7. The number of phenols is 1. The molecule has 3 saturated heterocycles. The summed E-state index contributed by atoms with van der Waals surface area (Å²) in [5, 5.41) is 13.2. The molecule has 3 aliphatic heterocycles. The maximum absolute atomic E-state index is 12.6. The molecule has 1 aromatic carbocycles. The van der Waals surface area contributed by atoms with Crippen molar-refractivity contribution in [1.82, 2.24) is 10.2 Å². The Balaban J connectivity index is 1.47. The molecule has 4 nitrogen and oxygen atoms in total. The molecule has 3 unspecified atom stereocenters. The molecule has 4 heterocycles. The number of para-hydroxylation sites is 1. The van der Waals surface area contributed by atoms with Crippen LogP contribution in [0.5, 0.6) is 5.75 Å². The van der Waals surface area contributed by atoms with Crippen LogP contribution in [-0.2, 0) is 0 Å². The van der Waals surface area contributed by atoms with E-state index in [1.807, 2.05) is 24.3 Å². The number of thiophene rings is 1. The minimum absolute atomic E-state index is 0.00748. The fraction of sp³-hybridized carbons (Fsp3) is 0.421. The zero-order chi connectivity index (χ0) is 16.7. The Morgan fingerprint density at radius 2 is 2.12 bits per heavy atom. The maximum atomic E-state index is 12.6. The van der Waals surface area contributed by atoms with Gasteiger partial charge in [0.15, 0.2) is 0 Å². The molecular formula is C19H22N2O2S. The number of benzene rings is 1. The number of hydrogen-bond donors (Lipinski definition) is 2. The van der Waals surface area contributed by atoms with Crippen LogP contribution in [0.25, 0.3) is 10.4 Å². The Labute approximate surface area is 146 Å². The van der Waals surface area contributed by atoms with Crippen LogP contribution in [0.4, 0.5) is 0 Å². The van der Waals surface area contributed by atoms with Gasteiger partial charge in [0, 0.05) is 29.1 Å². The van der Waals surface area contributed by atoms with E-state index in [4.69, 9.17) is 0 Å². The summed E-state index contributed by atoms with van der Waals surface area (Å²) in [7, 11) is 0. The van der Waals surface area contributed by atoms with Crippen molar-refractivity contribution in [2.75, 3.05) is 13.1 Å². The molecule has 5 rings (SSSR count). The summed E-state index contributed by atoms with van der Waals surface area (Å²) in [6.07, 6.45) is 2.36. The number of amides is 1. The Bertz CT molecular complexity index is 757. The van der Waals surface area contributed by atoms with E-state index < -0.39 is 0 Å². The minimum Gasteiger partial charge on any atom is -0.507 e. The van der Waals surface area contributed by atoms with Crippen LogP contribution in [0.1, 0.15) is 29.4 Å². The van der Waals surface area contributed by atoms with E-state index in [-0.39, 0.29) is 17.7 Å². The SMILES string of the molecule is CC1CC2CCN1C[C@@H]2NC(=O)c1ccc(-c2ccccc2O)s1. The zero-order valence-corrected chi connectivity index (χ0v) is 14.6. The quantitative estimate of drug-likeness (QED) is 0.899. The standard InChI is InChI=1S/C19H22N2O2S/c1-12-10-13-8-9-21(12)11-15(13)20-19(23)18-7-6-17(24-18)14-4-2-3-5-16(14)22/h2-7,12-13,15,22H,8-11H2,1H3,(H,20,23)/t12?,13?,15-/m0/s1. The molecule has 1 amide bonds. The van der Waals surface area contributed by atoms with Gasteiger partial charge in [-0.1, -0.05) is 12.1 Å². The van der Waals surface area contributed by atoms with E-state index in [2.05, 4.69) is 17.1 Å². The second-order valence-electron chi connectivity index (χ2n) is 6.89. The third-order valence-corrected chi connectivity index (χ3v) is 6.49. The van der Waals surface area contributed by atoms with E-state index >= 15 is 0 Å². The minimum atomic E-state index is 0.00748. The first-order valence-electron chi connectivity index (χ1n) is 8.55. The van der Waals surface area contributed by atoms with Gasteiger partial charge in [0.2, 0.25) is 0 Å². The fourth-order valence-corrected chi connectivity index (χ4v) is 4.93. The Kier molecular flexibility index (Phi) is 4.06. The fourth-order valence-electron chi connectivity index (χ4n) is 3.99. The molecule has 0 radical (unpaired) electrons. The first-order chi connectivity index (χ1) is 11.6. The van der Waals surface area contributed by atoms with E-state index in [1.54, 1.807) is 12.1 Å². The van der Waals surface area contributed by atoms with Crippen molar-refractivity contribution < 1.29 is 9.90 Å². The van der Waals surface area contributed by atoms with Gasteiger partial charge in [0.25, 0.3) is 5.91 Å². The highest BCUT2D eigenvalue weighted by Gasteiger charge is 2.38. The number of rotatable bonds is 3. The van der Waals surface area contributed by atoms with E-state index in [1.165, 1.54) is 24.2 Å². The monoisotopic (exact) mass is 342 g/mol. The van der Waals surface area contributed by atoms with E-state index in [9.17, 15) is 9.90 Å². The highest BCUT2D eigenvalue weighted by molar-refractivity contribution is 7.17. The molecule has 24 heavy (non-hydrogen) atoms. The van der Waals surface area contributed by atoms with Crippen LogP contribution >= 0.6 is 11.3 Å². The smallest absolute Gasteiger partial charge is 0.261 e. The second kappa shape index (κ2) is 6.22. The van der Waals surface area contributed by atoms with Crippen molar-refractivity contribution in [3.63, 3.8) is 0 Å². The number of fused-ring (bicyclic) bond motifs is 3. The molecule has 4 atom stereocenters. The van der Waals surface area contributed by atoms with E-state index in [0.29, 0.717) is 16.8 Å². The second-order valence-corrected chi connectivity index (χ2v) is 7.97. The van der Waals surface area contributed by atoms with Crippen molar-refractivity contribution in [2.45, 2.75) is 31.8 Å². The summed E-state index contributed by atoms with van der Waals surface area (Å²) in [6.45, 7) is 4.41. The van der Waals surface area contributed by atoms with Crippen molar-refractivity contribution in [2.24, 2.45) is 5.92 Å². The molecule has 126 valence electrons. The lowest BCUT2D eigenvalue weighted by atomic mass is 9.80. The topological polar surface area (TPSA) is 52.6 Å². The molecule has 2 aromatic rings. The number of phenolic OH excluding ortho intramolecular Hbond substituents is 1. The number of carbonyl (C=O) groups is 1. The van der Waals surface area contributed by atoms with Crippen LogP contribution < -0.4 is 5.32 Å². The third kappa shape index (κ3) is 2.82. The molecule has 3 fully saturated rings. The molecule has 0 saturated carbocycles. The van der Waals surface area contributed by atoms with Gasteiger partial charge in [-0.15, -0.1) is 11.3 Å². The lowest BCUT2D eigenvalue weighted by molar-refractivity contribution is 0.0275. The highest BCUT2D eigenvalue weighted by Crippen LogP contribution is 2.35. The van der Waals surface area contributed by atoms with Crippen LogP contribution in [0, 0.1) is 5.92 Å². The molecule has 0 aliphatic carbocycles. The average molecular weight is 342 g/mol. The Hall–Kier alpha value is -1.85. The number of nitrogens with one attached hydrogen (secondary N) is 1. The van der Waals surface area contributed by atoms with Crippen LogP contribution in [0.15, 0.2) is 36.4 Å². The average Bonchev–Trinajstić information content (AvgIpc) is 3.06.